The summed E-state index contributed by atoms with van der Waals surface area (Å²) in [4.78, 5) is 37.5. The number of hydrogen-bond acceptors (Lipinski definition) is 5. The molecule has 30 heavy (non-hydrogen) atoms. The molecule has 166 valence electrons. The maximum absolute atomic E-state index is 13.9. The fraction of sp³-hybridized carbons (Fsp3) is 0.667. The topological polar surface area (TPSA) is 90.4 Å². The average Bonchev–Trinajstić information content (AvgIpc) is 2.98. The van der Waals surface area contributed by atoms with Gasteiger partial charge in [0.25, 0.3) is 5.56 Å². The smallest absolute Gasteiger partial charge is 0.330 e. The predicted octanol–water partition coefficient (Wildman–Crippen LogP) is 2.97. The number of halogens is 1. The second-order valence-corrected chi connectivity index (χ2v) is 12.8. The van der Waals surface area contributed by atoms with E-state index in [1.54, 1.807) is 0 Å². The molecule has 0 aromatic carbocycles. The summed E-state index contributed by atoms with van der Waals surface area (Å²) in [6.45, 7) is 11.5. The molecule has 0 amide bonds. The first-order valence-corrected chi connectivity index (χ1v) is 13.1. The maximum atomic E-state index is 13.9. The van der Waals surface area contributed by atoms with Crippen LogP contribution in [0.5, 0.6) is 0 Å². The van der Waals surface area contributed by atoms with Crippen LogP contribution in [0, 0.1) is 23.2 Å². The molecule has 1 aliphatic heterocycles. The number of carbonyl (C=O) groups is 1. The van der Waals surface area contributed by atoms with Crippen LogP contribution in [-0.2, 0) is 14.3 Å². The molecule has 0 unspecified atom stereocenters. The second kappa shape index (κ2) is 9.31. The van der Waals surface area contributed by atoms with Crippen LogP contribution in [0.1, 0.15) is 54.2 Å². The Hall–Kier alpha value is -2.18. The number of aromatic amines is 1. The van der Waals surface area contributed by atoms with Gasteiger partial charge in [-0.1, -0.05) is 40.5 Å². The summed E-state index contributed by atoms with van der Waals surface area (Å²) in [6.07, 6.45) is -0.673. The molecule has 1 fully saturated rings. The third-order valence-corrected chi connectivity index (χ3v) is 11.2. The first-order chi connectivity index (χ1) is 14.1. The molecule has 1 aromatic heterocycles. The molecule has 1 aliphatic rings. The minimum Gasteiger partial charge on any atom is -0.457 e. The van der Waals surface area contributed by atoms with E-state index in [1.807, 2.05) is 18.8 Å². The van der Waals surface area contributed by atoms with Crippen molar-refractivity contribution in [2.75, 3.05) is 0 Å². The van der Waals surface area contributed by atoms with Gasteiger partial charge in [0.2, 0.25) is 5.82 Å². The number of nitrogens with zero attached hydrogens (tertiary/aromatic N) is 1. The molecule has 7 nitrogen and oxygen atoms in total. The lowest BCUT2D eigenvalue weighted by atomic mass is 9.85. The molecule has 1 aromatic rings. The average molecular weight is 439 g/mol. The van der Waals surface area contributed by atoms with E-state index in [0.717, 1.165) is 28.9 Å². The minimum absolute atomic E-state index is 0.372. The highest BCUT2D eigenvalue weighted by Gasteiger charge is 2.54. The Balaban J connectivity index is 2.61. The largest absolute Gasteiger partial charge is 0.457 e. The first-order valence-electron chi connectivity index (χ1n) is 10.5. The van der Waals surface area contributed by atoms with Gasteiger partial charge >= 0.3 is 11.7 Å². The quantitative estimate of drug-likeness (QED) is 0.419. The van der Waals surface area contributed by atoms with Crippen molar-refractivity contribution in [3.63, 3.8) is 0 Å². The molecule has 0 saturated carbocycles. The van der Waals surface area contributed by atoms with Crippen LogP contribution < -0.4 is 11.2 Å². The van der Waals surface area contributed by atoms with Crippen molar-refractivity contribution in [2.45, 2.75) is 84.0 Å². The highest BCUT2D eigenvalue weighted by molar-refractivity contribution is 6.87. The van der Waals surface area contributed by atoms with Crippen LogP contribution in [0.15, 0.2) is 15.8 Å². The molecule has 1 N–H and O–H groups in total. The molecule has 4 atom stereocenters. The van der Waals surface area contributed by atoms with E-state index in [9.17, 15) is 18.8 Å². The minimum atomic E-state index is -1.79. The van der Waals surface area contributed by atoms with Crippen molar-refractivity contribution in [2.24, 2.45) is 5.92 Å². The van der Waals surface area contributed by atoms with Crippen molar-refractivity contribution in [1.29, 1.82) is 0 Å². The summed E-state index contributed by atoms with van der Waals surface area (Å²) in [7, 11) is -1.79. The molecule has 0 bridgehead atoms. The number of ether oxygens (including phenoxy) is 2. The van der Waals surface area contributed by atoms with Gasteiger partial charge in [-0.2, -0.15) is 4.39 Å². The van der Waals surface area contributed by atoms with Crippen LogP contribution in [-0.4, -0.2) is 35.3 Å². The fourth-order valence-corrected chi connectivity index (χ4v) is 6.52. The third-order valence-electron chi connectivity index (χ3n) is 6.44. The van der Waals surface area contributed by atoms with Gasteiger partial charge in [0.05, 0.1) is 6.20 Å². The van der Waals surface area contributed by atoms with E-state index in [0.29, 0.717) is 6.42 Å². The molecule has 9 heteroatoms. The van der Waals surface area contributed by atoms with E-state index in [4.69, 9.17) is 9.47 Å². The van der Waals surface area contributed by atoms with E-state index >= 15 is 0 Å². The van der Waals surface area contributed by atoms with Gasteiger partial charge in [-0.25, -0.2) is 4.79 Å². The molecule has 0 aliphatic carbocycles. The summed E-state index contributed by atoms with van der Waals surface area (Å²) < 4.78 is 26.6. The van der Waals surface area contributed by atoms with Gasteiger partial charge in [-0.3, -0.25) is 19.1 Å². The zero-order chi connectivity index (χ0) is 22.7. The highest BCUT2D eigenvalue weighted by Crippen LogP contribution is 2.44. The Morgan fingerprint density at radius 1 is 1.30 bits per heavy atom. The second-order valence-electron chi connectivity index (χ2n) is 7.85. The number of H-pyrrole nitrogens is 1. The summed E-state index contributed by atoms with van der Waals surface area (Å²) in [5.74, 6) is 1.31. The van der Waals surface area contributed by atoms with Gasteiger partial charge in [0.1, 0.15) is 13.7 Å². The molecular weight excluding hydrogens is 407 g/mol. The van der Waals surface area contributed by atoms with E-state index in [-0.39, 0.29) is 5.92 Å². The van der Waals surface area contributed by atoms with Crippen LogP contribution in [0.25, 0.3) is 0 Å². The summed E-state index contributed by atoms with van der Waals surface area (Å²) >= 11 is 0. The van der Waals surface area contributed by atoms with Crippen molar-refractivity contribution >= 4 is 14.0 Å². The summed E-state index contributed by atoms with van der Waals surface area (Å²) in [5.41, 5.74) is 0.616. The Labute approximate surface area is 177 Å². The van der Waals surface area contributed by atoms with Crippen LogP contribution in [0.2, 0.25) is 18.1 Å². The molecule has 0 radical (unpaired) electrons. The predicted molar refractivity (Wildman–Crippen MR) is 114 cm³/mol. The highest BCUT2D eigenvalue weighted by atomic mass is 28.3. The van der Waals surface area contributed by atoms with Crippen LogP contribution in [0.4, 0.5) is 4.39 Å². The number of carbonyl (C=O) groups excluding carboxylic acids is 1. The number of rotatable bonds is 6. The molecule has 2 heterocycles. The molecule has 2 rings (SSSR count). The van der Waals surface area contributed by atoms with Gasteiger partial charge < -0.3 is 9.47 Å². The van der Waals surface area contributed by atoms with Crippen molar-refractivity contribution < 1.29 is 18.7 Å². The zero-order valence-corrected chi connectivity index (χ0v) is 19.5. The lowest BCUT2D eigenvalue weighted by molar-refractivity contribution is -0.154. The molecule has 1 saturated heterocycles. The maximum Gasteiger partial charge on any atom is 0.330 e. The Morgan fingerprint density at radius 3 is 2.40 bits per heavy atom. The van der Waals surface area contributed by atoms with E-state index in [2.05, 4.69) is 32.2 Å². The number of esters is 1. The Morgan fingerprint density at radius 2 is 1.90 bits per heavy atom. The molecular formula is C21H31FN2O5Si. The lowest BCUT2D eigenvalue weighted by Crippen LogP contribution is -2.39. The molecule has 0 spiro atoms. The van der Waals surface area contributed by atoms with Crippen molar-refractivity contribution in [3.8, 4) is 11.5 Å². The van der Waals surface area contributed by atoms with Gasteiger partial charge in [0, 0.05) is 12.8 Å². The number of aromatic nitrogens is 2. The number of nitrogens with one attached hydrogen (secondary N) is 1. The number of hydrogen-bond donors (Lipinski definition) is 1. The fourth-order valence-electron chi connectivity index (χ4n) is 4.01. The van der Waals surface area contributed by atoms with E-state index in [1.165, 1.54) is 6.92 Å². The standard InChI is InChI=1S/C21H31FN2O5Si/c1-7-21(11-12-30(8-2,9-3)10-4)14(5)17(28-15(6)25)19(29-21)24-13-16(22)18(26)23-20(24)27/h13-14,17,19H,7-10H2,1-6H3,(H,23,26,27)/t14-,17+,19+,21-/m0/s1. The SMILES string of the molecule is CC[C@@]1(C#C[Si](CC)(CC)CC)O[C@@H](n2cc(F)c(=O)[nH]c2=O)[C@H](OC(C)=O)[C@@H]1C. The third kappa shape index (κ3) is 4.44. The monoisotopic (exact) mass is 438 g/mol. The zero-order valence-electron chi connectivity index (χ0n) is 18.5. The summed E-state index contributed by atoms with van der Waals surface area (Å²) in [6, 6.07) is 3.05. The van der Waals surface area contributed by atoms with Crippen molar-refractivity contribution in [3.05, 3.63) is 32.9 Å². The van der Waals surface area contributed by atoms with Gasteiger partial charge in [-0.15, -0.1) is 5.54 Å². The van der Waals surface area contributed by atoms with Crippen LogP contribution >= 0.6 is 0 Å². The van der Waals surface area contributed by atoms with Crippen molar-refractivity contribution in [1.82, 2.24) is 9.55 Å². The normalized spacial score (nSPS) is 26.2. The summed E-state index contributed by atoms with van der Waals surface area (Å²) in [5, 5.41) is 0. The lowest BCUT2D eigenvalue weighted by Gasteiger charge is -2.28. The van der Waals surface area contributed by atoms with Gasteiger partial charge in [-0.05, 0) is 24.6 Å². The van der Waals surface area contributed by atoms with Crippen LogP contribution in [0.3, 0.4) is 0 Å². The first kappa shape index (κ1) is 24.1. The van der Waals surface area contributed by atoms with E-state index < -0.39 is 49.0 Å². The Kier molecular flexibility index (Phi) is 7.48. The Bertz CT molecular complexity index is 950. The van der Waals surface area contributed by atoms with Gasteiger partial charge in [0.15, 0.2) is 12.3 Å².